The Morgan fingerprint density at radius 1 is 1.02 bits per heavy atom. The van der Waals surface area contributed by atoms with Gasteiger partial charge in [0.2, 0.25) is 0 Å². The Kier molecular flexibility index (Phi) is 8.59. The number of para-hydroxylation sites is 1. The van der Waals surface area contributed by atoms with E-state index in [4.69, 9.17) is 14.5 Å². The average molecular weight is 583 g/mol. The van der Waals surface area contributed by atoms with Gasteiger partial charge in [-0.25, -0.2) is 4.99 Å². The molecule has 0 aliphatic carbocycles. The molecule has 3 aromatic carbocycles. The Hall–Kier alpha value is -4.63. The van der Waals surface area contributed by atoms with Crippen molar-refractivity contribution in [1.82, 2.24) is 4.57 Å². The molecule has 0 fully saturated rings. The number of carbonyl (C=O) groups is 1. The van der Waals surface area contributed by atoms with Gasteiger partial charge in [-0.05, 0) is 68.8 Å². The molecule has 1 amide bonds. The van der Waals surface area contributed by atoms with Crippen molar-refractivity contribution in [2.75, 3.05) is 37.5 Å². The SMILES string of the molecule is CCN(CC)c1ccc(/C=c2/sc3n(c2=O)[C@H](c2ccc(OC)cc2)C(C(=O)Nc2ccccc2)=C(C)N=3)c(OC)c1. The van der Waals surface area contributed by atoms with Crippen LogP contribution < -0.4 is 34.6 Å². The number of nitrogens with zero attached hydrogens (tertiary/aromatic N) is 3. The van der Waals surface area contributed by atoms with Gasteiger partial charge in [0.1, 0.15) is 11.5 Å². The van der Waals surface area contributed by atoms with E-state index in [9.17, 15) is 9.59 Å². The van der Waals surface area contributed by atoms with E-state index in [1.165, 1.54) is 11.3 Å². The van der Waals surface area contributed by atoms with Crippen LogP contribution >= 0.6 is 11.3 Å². The Bertz CT molecular complexity index is 1800. The Labute approximate surface area is 248 Å². The van der Waals surface area contributed by atoms with Crippen molar-refractivity contribution in [3.63, 3.8) is 0 Å². The zero-order chi connectivity index (χ0) is 29.8. The molecule has 2 heterocycles. The van der Waals surface area contributed by atoms with Crippen LogP contribution in [0, 0.1) is 0 Å². The van der Waals surface area contributed by atoms with Crippen LogP contribution in [0.15, 0.2) is 93.9 Å². The largest absolute Gasteiger partial charge is 0.497 e. The number of ether oxygens (including phenoxy) is 2. The summed E-state index contributed by atoms with van der Waals surface area (Å²) >= 11 is 1.29. The molecule has 42 heavy (non-hydrogen) atoms. The van der Waals surface area contributed by atoms with Crippen LogP contribution in [-0.4, -0.2) is 37.8 Å². The zero-order valence-electron chi connectivity index (χ0n) is 24.4. The van der Waals surface area contributed by atoms with Crippen molar-refractivity contribution < 1.29 is 14.3 Å². The molecule has 216 valence electrons. The second kappa shape index (κ2) is 12.5. The first-order valence-corrected chi connectivity index (χ1v) is 14.7. The minimum Gasteiger partial charge on any atom is -0.497 e. The predicted octanol–water partition coefficient (Wildman–Crippen LogP) is 4.74. The molecule has 4 aromatic rings. The topological polar surface area (TPSA) is 85.2 Å². The van der Waals surface area contributed by atoms with Gasteiger partial charge in [0.05, 0.1) is 36.1 Å². The standard InChI is InChI=1S/C33H34N4O4S/c1-6-36(7-2)25-16-13-23(27(20-25)41-5)19-28-32(39)37-30(22-14-17-26(40-4)18-15-22)29(21(3)34-33(37)42-28)31(38)35-24-11-9-8-10-12-24/h8-20,30H,6-7H2,1-5H3,(H,35,38)/b28-19+/t30-/m1/s1. The van der Waals surface area contributed by atoms with Crippen molar-refractivity contribution in [2.45, 2.75) is 26.8 Å². The number of fused-ring (bicyclic) bond motifs is 1. The molecule has 0 saturated heterocycles. The normalized spacial score (nSPS) is 14.7. The van der Waals surface area contributed by atoms with Crippen LogP contribution in [0.3, 0.4) is 0 Å². The maximum Gasteiger partial charge on any atom is 0.271 e. The van der Waals surface area contributed by atoms with E-state index in [-0.39, 0.29) is 11.5 Å². The summed E-state index contributed by atoms with van der Waals surface area (Å²) in [6, 6.07) is 22.0. The van der Waals surface area contributed by atoms with Gasteiger partial charge < -0.3 is 19.7 Å². The number of carbonyl (C=O) groups excluding carboxylic acids is 1. The molecular formula is C33H34N4O4S. The van der Waals surface area contributed by atoms with Crippen LogP contribution in [0.2, 0.25) is 0 Å². The highest BCUT2D eigenvalue weighted by Gasteiger charge is 2.32. The van der Waals surface area contributed by atoms with E-state index in [1.807, 2.05) is 85.8 Å². The summed E-state index contributed by atoms with van der Waals surface area (Å²) in [6.07, 6.45) is 1.84. The molecule has 0 saturated carbocycles. The van der Waals surface area contributed by atoms with Gasteiger partial charge in [-0.1, -0.05) is 41.7 Å². The van der Waals surface area contributed by atoms with Crippen LogP contribution in [0.1, 0.15) is 37.9 Å². The maximum absolute atomic E-state index is 14.1. The third kappa shape index (κ3) is 5.60. The number of rotatable bonds is 9. The molecule has 1 N–H and O–H groups in total. The highest BCUT2D eigenvalue weighted by atomic mass is 32.1. The summed E-state index contributed by atoms with van der Waals surface area (Å²) in [5.74, 6) is 1.05. The van der Waals surface area contributed by atoms with E-state index in [1.54, 1.807) is 18.8 Å². The zero-order valence-corrected chi connectivity index (χ0v) is 25.2. The summed E-state index contributed by atoms with van der Waals surface area (Å²) in [5, 5.41) is 2.98. The second-order valence-electron chi connectivity index (χ2n) is 9.77. The Morgan fingerprint density at radius 3 is 2.38 bits per heavy atom. The third-order valence-corrected chi connectivity index (χ3v) is 8.34. The first-order chi connectivity index (χ1) is 20.4. The number of hydrogen-bond acceptors (Lipinski definition) is 7. The van der Waals surface area contributed by atoms with Gasteiger partial charge in [0.15, 0.2) is 4.80 Å². The molecule has 0 spiro atoms. The Balaban J connectivity index is 1.64. The van der Waals surface area contributed by atoms with Gasteiger partial charge in [-0.2, -0.15) is 0 Å². The summed E-state index contributed by atoms with van der Waals surface area (Å²) in [6.45, 7) is 7.79. The van der Waals surface area contributed by atoms with E-state index >= 15 is 0 Å². The molecule has 5 rings (SSSR count). The van der Waals surface area contributed by atoms with Gasteiger partial charge in [0.25, 0.3) is 11.5 Å². The molecule has 0 radical (unpaired) electrons. The van der Waals surface area contributed by atoms with Gasteiger partial charge >= 0.3 is 0 Å². The predicted molar refractivity (Wildman–Crippen MR) is 168 cm³/mol. The number of anilines is 2. The Morgan fingerprint density at radius 2 is 1.74 bits per heavy atom. The molecule has 0 bridgehead atoms. The van der Waals surface area contributed by atoms with E-state index in [2.05, 4.69) is 24.1 Å². The van der Waals surface area contributed by atoms with E-state index < -0.39 is 6.04 Å². The fourth-order valence-electron chi connectivity index (χ4n) is 5.18. The first-order valence-electron chi connectivity index (χ1n) is 13.8. The maximum atomic E-state index is 14.1. The molecule has 1 aliphatic heterocycles. The summed E-state index contributed by atoms with van der Waals surface area (Å²) in [4.78, 5) is 35.3. The molecule has 8 nitrogen and oxygen atoms in total. The molecule has 1 aliphatic rings. The number of hydrogen-bond donors (Lipinski definition) is 1. The van der Waals surface area contributed by atoms with Crippen molar-refractivity contribution in [1.29, 1.82) is 0 Å². The van der Waals surface area contributed by atoms with Crippen molar-refractivity contribution in [3.8, 4) is 11.5 Å². The quantitative estimate of drug-likeness (QED) is 0.308. The molecule has 1 atom stereocenters. The van der Waals surface area contributed by atoms with Gasteiger partial charge in [-0.15, -0.1) is 0 Å². The monoisotopic (exact) mass is 582 g/mol. The van der Waals surface area contributed by atoms with E-state index in [0.29, 0.717) is 37.8 Å². The summed E-state index contributed by atoms with van der Waals surface area (Å²) in [7, 11) is 3.23. The lowest BCUT2D eigenvalue weighted by atomic mass is 9.95. The van der Waals surface area contributed by atoms with Gasteiger partial charge in [-0.3, -0.25) is 14.2 Å². The van der Waals surface area contributed by atoms with Gasteiger partial charge in [0, 0.05) is 36.1 Å². The third-order valence-electron chi connectivity index (χ3n) is 7.36. The number of benzene rings is 3. The van der Waals surface area contributed by atoms with Crippen molar-refractivity contribution in [2.24, 2.45) is 4.99 Å². The molecule has 0 unspecified atom stereocenters. The molecular weight excluding hydrogens is 548 g/mol. The lowest BCUT2D eigenvalue weighted by Gasteiger charge is -2.25. The lowest BCUT2D eigenvalue weighted by molar-refractivity contribution is -0.113. The highest BCUT2D eigenvalue weighted by Crippen LogP contribution is 2.32. The smallest absolute Gasteiger partial charge is 0.271 e. The number of methoxy groups -OCH3 is 2. The summed E-state index contributed by atoms with van der Waals surface area (Å²) in [5.41, 5.74) is 4.01. The summed E-state index contributed by atoms with van der Waals surface area (Å²) < 4.78 is 13.2. The van der Waals surface area contributed by atoms with Crippen molar-refractivity contribution >= 4 is 34.7 Å². The minimum atomic E-state index is -0.676. The highest BCUT2D eigenvalue weighted by molar-refractivity contribution is 7.07. The number of nitrogens with one attached hydrogen (secondary N) is 1. The average Bonchev–Trinajstić information content (AvgIpc) is 3.31. The molecule has 9 heteroatoms. The minimum absolute atomic E-state index is 0.230. The van der Waals surface area contributed by atoms with Crippen LogP contribution in [0.25, 0.3) is 6.08 Å². The van der Waals surface area contributed by atoms with Crippen LogP contribution in [0.5, 0.6) is 11.5 Å². The lowest BCUT2D eigenvalue weighted by Crippen LogP contribution is -2.40. The second-order valence-corrected chi connectivity index (χ2v) is 10.8. The van der Waals surface area contributed by atoms with Crippen LogP contribution in [-0.2, 0) is 4.79 Å². The number of allylic oxidation sites excluding steroid dienone is 1. The fourth-order valence-corrected chi connectivity index (χ4v) is 6.22. The molecule has 1 aromatic heterocycles. The van der Waals surface area contributed by atoms with E-state index in [0.717, 1.165) is 29.9 Å². The number of thiazole rings is 1. The number of aromatic nitrogens is 1. The van der Waals surface area contributed by atoms with Crippen molar-refractivity contribution in [3.05, 3.63) is 115 Å². The first kappa shape index (κ1) is 28.9. The number of amides is 1. The fraction of sp³-hybridized carbons (Fsp3) is 0.242. The van der Waals surface area contributed by atoms with Crippen LogP contribution in [0.4, 0.5) is 11.4 Å².